The molecule has 3 aromatic rings. The molecule has 0 aliphatic rings. The Labute approximate surface area is 120 Å². The number of hydrogen-bond donors (Lipinski definition) is 1. The number of nitrogens with zero attached hydrogens (tertiary/aromatic N) is 1. The first kappa shape index (κ1) is 12.9. The molecule has 1 amide bonds. The zero-order valence-corrected chi connectivity index (χ0v) is 12.1. The summed E-state index contributed by atoms with van der Waals surface area (Å²) in [5, 5.41) is 6.23. The number of furan rings is 1. The third kappa shape index (κ3) is 2.44. The van der Waals surface area contributed by atoms with Crippen molar-refractivity contribution in [3.63, 3.8) is 0 Å². The number of rotatable bonds is 3. The minimum absolute atomic E-state index is 0.0825. The Morgan fingerprint density at radius 2 is 2.15 bits per heavy atom. The first-order valence-corrected chi connectivity index (χ1v) is 7.18. The Kier molecular flexibility index (Phi) is 3.28. The van der Waals surface area contributed by atoms with E-state index in [9.17, 15) is 4.79 Å². The number of aromatic nitrogens is 1. The molecule has 0 aliphatic carbocycles. The fourth-order valence-electron chi connectivity index (χ4n) is 2.09. The lowest BCUT2D eigenvalue weighted by atomic mass is 10.0. The summed E-state index contributed by atoms with van der Waals surface area (Å²) < 4.78 is 5.53. The van der Waals surface area contributed by atoms with Crippen molar-refractivity contribution in [2.45, 2.75) is 20.3 Å². The molecule has 2 heterocycles. The molecule has 1 N–H and O–H groups in total. The van der Waals surface area contributed by atoms with E-state index in [1.807, 2.05) is 18.4 Å². The third-order valence-electron chi connectivity index (χ3n) is 3.30. The molecule has 1 aromatic carbocycles. The number of hydrogen-bond acceptors (Lipinski definition) is 4. The molecule has 102 valence electrons. The molecule has 0 aliphatic heterocycles. The highest BCUT2D eigenvalue weighted by molar-refractivity contribution is 7.13. The maximum Gasteiger partial charge on any atom is 0.230 e. The molecule has 0 saturated carbocycles. The normalized spacial score (nSPS) is 10.9. The van der Waals surface area contributed by atoms with Gasteiger partial charge in [-0.1, -0.05) is 0 Å². The van der Waals surface area contributed by atoms with Crippen LogP contribution >= 0.6 is 11.3 Å². The van der Waals surface area contributed by atoms with Crippen molar-refractivity contribution >= 4 is 33.3 Å². The Morgan fingerprint density at radius 1 is 1.35 bits per heavy atom. The van der Waals surface area contributed by atoms with Gasteiger partial charge in [0.15, 0.2) is 5.13 Å². The molecule has 3 rings (SSSR count). The van der Waals surface area contributed by atoms with Crippen LogP contribution in [0.4, 0.5) is 5.13 Å². The average Bonchev–Trinajstić information content (AvgIpc) is 3.02. The number of carbonyl (C=O) groups is 1. The summed E-state index contributed by atoms with van der Waals surface area (Å²) in [5.74, 6) is -0.0825. The summed E-state index contributed by atoms with van der Waals surface area (Å²) >= 11 is 1.41. The predicted octanol–water partition coefficient (Wildman–Crippen LogP) is 3.69. The summed E-state index contributed by atoms with van der Waals surface area (Å²) in [7, 11) is 0. The van der Waals surface area contributed by atoms with E-state index in [1.54, 1.807) is 12.5 Å². The van der Waals surface area contributed by atoms with E-state index in [-0.39, 0.29) is 12.3 Å². The van der Waals surface area contributed by atoms with Gasteiger partial charge in [0.1, 0.15) is 5.58 Å². The van der Waals surface area contributed by atoms with Crippen LogP contribution in [0.25, 0.3) is 11.0 Å². The monoisotopic (exact) mass is 286 g/mol. The summed E-state index contributed by atoms with van der Waals surface area (Å²) in [4.78, 5) is 16.0. The second-order valence-corrected chi connectivity index (χ2v) is 5.65. The second-order valence-electron chi connectivity index (χ2n) is 4.76. The number of aryl methyl sites for hydroxylation is 2. The van der Waals surface area contributed by atoms with Crippen molar-refractivity contribution in [2.75, 3.05) is 5.32 Å². The van der Waals surface area contributed by atoms with E-state index >= 15 is 0 Å². The molecule has 0 atom stereocenters. The van der Waals surface area contributed by atoms with Gasteiger partial charge in [0, 0.05) is 22.5 Å². The van der Waals surface area contributed by atoms with Gasteiger partial charge in [-0.25, -0.2) is 4.98 Å². The number of carbonyl (C=O) groups excluding carboxylic acids is 1. The highest BCUT2D eigenvalue weighted by Crippen LogP contribution is 2.25. The van der Waals surface area contributed by atoms with Crippen LogP contribution in [0, 0.1) is 13.8 Å². The lowest BCUT2D eigenvalue weighted by Gasteiger charge is -2.02. The van der Waals surface area contributed by atoms with Crippen LogP contribution < -0.4 is 5.32 Å². The van der Waals surface area contributed by atoms with E-state index in [0.717, 1.165) is 16.5 Å². The first-order chi connectivity index (χ1) is 9.63. The molecule has 0 bridgehead atoms. The topological polar surface area (TPSA) is 55.1 Å². The van der Waals surface area contributed by atoms with E-state index in [1.165, 1.54) is 22.5 Å². The van der Waals surface area contributed by atoms with Crippen molar-refractivity contribution in [3.05, 3.63) is 46.7 Å². The molecule has 0 saturated heterocycles. The Balaban J connectivity index is 1.84. The Hall–Kier alpha value is -2.14. The van der Waals surface area contributed by atoms with Crippen molar-refractivity contribution in [1.29, 1.82) is 0 Å². The van der Waals surface area contributed by atoms with Crippen LogP contribution in [-0.4, -0.2) is 10.9 Å². The quantitative estimate of drug-likeness (QED) is 0.799. The highest BCUT2D eigenvalue weighted by atomic mass is 32.1. The van der Waals surface area contributed by atoms with Crippen LogP contribution in [0.15, 0.2) is 34.4 Å². The molecule has 0 spiro atoms. The molecule has 0 fully saturated rings. The van der Waals surface area contributed by atoms with Gasteiger partial charge in [0.2, 0.25) is 5.91 Å². The van der Waals surface area contributed by atoms with Crippen molar-refractivity contribution in [1.82, 2.24) is 4.98 Å². The number of fused-ring (bicyclic) bond motifs is 1. The molecule has 5 heteroatoms. The van der Waals surface area contributed by atoms with E-state index in [4.69, 9.17) is 4.42 Å². The number of anilines is 1. The fraction of sp³-hybridized carbons (Fsp3) is 0.200. The van der Waals surface area contributed by atoms with Crippen LogP contribution in [0.2, 0.25) is 0 Å². The maximum atomic E-state index is 12.0. The second kappa shape index (κ2) is 5.09. The lowest BCUT2D eigenvalue weighted by Crippen LogP contribution is -2.13. The molecule has 0 unspecified atom stereocenters. The van der Waals surface area contributed by atoms with Crippen molar-refractivity contribution in [2.24, 2.45) is 0 Å². The highest BCUT2D eigenvalue weighted by Gasteiger charge is 2.12. The number of amides is 1. The van der Waals surface area contributed by atoms with Gasteiger partial charge in [0.25, 0.3) is 0 Å². The van der Waals surface area contributed by atoms with Gasteiger partial charge in [0.05, 0.1) is 12.7 Å². The van der Waals surface area contributed by atoms with Gasteiger partial charge < -0.3 is 9.73 Å². The van der Waals surface area contributed by atoms with Gasteiger partial charge in [-0.15, -0.1) is 11.3 Å². The zero-order valence-electron chi connectivity index (χ0n) is 11.3. The fourth-order valence-corrected chi connectivity index (χ4v) is 2.64. The summed E-state index contributed by atoms with van der Waals surface area (Å²) in [6, 6.07) is 4.08. The van der Waals surface area contributed by atoms with Crippen LogP contribution in [0.3, 0.4) is 0 Å². The molecule has 2 aromatic heterocycles. The van der Waals surface area contributed by atoms with E-state index in [0.29, 0.717) is 5.13 Å². The van der Waals surface area contributed by atoms with Crippen LogP contribution in [0.1, 0.15) is 16.7 Å². The molecule has 20 heavy (non-hydrogen) atoms. The van der Waals surface area contributed by atoms with Gasteiger partial charge in [-0.3, -0.25) is 4.79 Å². The van der Waals surface area contributed by atoms with Crippen LogP contribution in [-0.2, 0) is 11.2 Å². The van der Waals surface area contributed by atoms with Crippen molar-refractivity contribution in [3.8, 4) is 0 Å². The van der Waals surface area contributed by atoms with E-state index in [2.05, 4.69) is 23.3 Å². The molecular formula is C15H14N2O2S. The molecular weight excluding hydrogens is 272 g/mol. The largest absolute Gasteiger partial charge is 0.464 e. The lowest BCUT2D eigenvalue weighted by molar-refractivity contribution is -0.115. The molecule has 0 radical (unpaired) electrons. The SMILES string of the molecule is Cc1cc2occ(CC(=O)Nc3nccs3)c2cc1C. The van der Waals surface area contributed by atoms with Gasteiger partial charge in [-0.2, -0.15) is 0 Å². The maximum absolute atomic E-state index is 12.0. The van der Waals surface area contributed by atoms with Gasteiger partial charge >= 0.3 is 0 Å². The predicted molar refractivity (Wildman–Crippen MR) is 80.1 cm³/mol. The third-order valence-corrected chi connectivity index (χ3v) is 3.99. The summed E-state index contributed by atoms with van der Waals surface area (Å²) in [6.07, 6.45) is 3.61. The van der Waals surface area contributed by atoms with Crippen LogP contribution in [0.5, 0.6) is 0 Å². The first-order valence-electron chi connectivity index (χ1n) is 6.30. The zero-order chi connectivity index (χ0) is 14.1. The molecule has 4 nitrogen and oxygen atoms in total. The Morgan fingerprint density at radius 3 is 2.90 bits per heavy atom. The minimum Gasteiger partial charge on any atom is -0.464 e. The van der Waals surface area contributed by atoms with E-state index < -0.39 is 0 Å². The number of thiazole rings is 1. The summed E-state index contributed by atoms with van der Waals surface area (Å²) in [5.41, 5.74) is 4.11. The van der Waals surface area contributed by atoms with Crippen molar-refractivity contribution < 1.29 is 9.21 Å². The summed E-state index contributed by atoms with van der Waals surface area (Å²) in [6.45, 7) is 4.10. The smallest absolute Gasteiger partial charge is 0.230 e. The minimum atomic E-state index is -0.0825. The van der Waals surface area contributed by atoms with Gasteiger partial charge in [-0.05, 0) is 37.1 Å². The number of nitrogens with one attached hydrogen (secondary N) is 1. The Bertz CT molecular complexity index is 760. The standard InChI is InChI=1S/C15H14N2O2S/c1-9-5-12-11(8-19-13(12)6-10(9)2)7-14(18)17-15-16-3-4-20-15/h3-6,8H,7H2,1-2H3,(H,16,17,18). The number of benzene rings is 1. The average molecular weight is 286 g/mol.